The van der Waals surface area contributed by atoms with Crippen molar-refractivity contribution in [1.82, 2.24) is 5.32 Å². The predicted molar refractivity (Wildman–Crippen MR) is 201 cm³/mol. The van der Waals surface area contributed by atoms with Crippen molar-refractivity contribution in [3.63, 3.8) is 0 Å². The van der Waals surface area contributed by atoms with Gasteiger partial charge in [-0.25, -0.2) is 0 Å². The molecule has 8 N–H and O–H groups in total. The van der Waals surface area contributed by atoms with Gasteiger partial charge in [0.2, 0.25) is 5.91 Å². The zero-order valence-corrected chi connectivity index (χ0v) is 32.1. The van der Waals surface area contributed by atoms with Crippen LogP contribution in [0.1, 0.15) is 168 Å². The maximum absolute atomic E-state index is 12.9. The number of unbranched alkanes of at least 4 members (excludes halogenated alkanes) is 19. The summed E-state index contributed by atoms with van der Waals surface area (Å²) < 4.78 is 11.0. The molecule has 302 valence electrons. The topological polar surface area (TPSA) is 189 Å². The molecule has 1 aliphatic heterocycles. The number of hydrogen-bond donors (Lipinski definition) is 8. The van der Waals surface area contributed by atoms with E-state index in [2.05, 4.69) is 25.2 Å². The number of amides is 1. The van der Waals surface area contributed by atoms with Crippen molar-refractivity contribution in [3.05, 3.63) is 12.2 Å². The van der Waals surface area contributed by atoms with Crippen molar-refractivity contribution < 1.29 is 50.0 Å². The van der Waals surface area contributed by atoms with Crippen LogP contribution >= 0.6 is 0 Å². The van der Waals surface area contributed by atoms with Crippen molar-refractivity contribution >= 4 is 5.91 Å². The quantitative estimate of drug-likeness (QED) is 0.0324. The van der Waals surface area contributed by atoms with Gasteiger partial charge in [0, 0.05) is 0 Å². The maximum atomic E-state index is 12.9. The number of allylic oxidation sites excluding steroid dienone is 2. The molecule has 1 amide bonds. The number of nitrogens with one attached hydrogen (secondary N) is 1. The van der Waals surface area contributed by atoms with Crippen molar-refractivity contribution in [2.24, 2.45) is 0 Å². The molecule has 0 radical (unpaired) electrons. The average molecular weight is 732 g/mol. The molecule has 1 aliphatic rings. The van der Waals surface area contributed by atoms with Gasteiger partial charge in [0.25, 0.3) is 0 Å². The Labute approximate surface area is 309 Å². The molecule has 1 heterocycles. The van der Waals surface area contributed by atoms with Crippen LogP contribution in [0.3, 0.4) is 0 Å². The highest BCUT2D eigenvalue weighted by atomic mass is 16.7. The normalized spacial score (nSPS) is 23.4. The lowest BCUT2D eigenvalue weighted by atomic mass is 9.98. The van der Waals surface area contributed by atoms with Crippen LogP contribution in [0.5, 0.6) is 0 Å². The first kappa shape index (κ1) is 47.9. The molecule has 1 rings (SSSR count). The van der Waals surface area contributed by atoms with Crippen LogP contribution in [0.2, 0.25) is 0 Å². The fourth-order valence-corrected chi connectivity index (χ4v) is 6.56. The Balaban J connectivity index is 2.51. The van der Waals surface area contributed by atoms with Crippen LogP contribution in [0.4, 0.5) is 0 Å². The highest BCUT2D eigenvalue weighted by Crippen LogP contribution is 2.23. The molecule has 11 nitrogen and oxygen atoms in total. The van der Waals surface area contributed by atoms with E-state index >= 15 is 0 Å². The number of hydrogen-bond acceptors (Lipinski definition) is 10. The molecule has 1 saturated heterocycles. The summed E-state index contributed by atoms with van der Waals surface area (Å²) >= 11 is 0. The standard InChI is InChI=1S/C40H77NO10/c1-3-5-7-9-11-13-14-15-16-17-18-19-20-22-23-25-27-32(43)35(45)31(30-50-40-38(48)37(47)36(46)34(29-42)51-40)41-39(49)33(44)28-26-24-21-12-10-8-6-4-2/h21,24,31-38,40,42-48H,3-20,22-23,25-30H2,1-2H3,(H,41,49)/b24-21-. The molecule has 11 heteroatoms. The van der Waals surface area contributed by atoms with E-state index in [1.54, 1.807) is 0 Å². The first-order chi connectivity index (χ1) is 24.7. The molecule has 9 unspecified atom stereocenters. The highest BCUT2D eigenvalue weighted by Gasteiger charge is 2.44. The molecule has 1 fully saturated rings. The Bertz CT molecular complexity index is 846. The zero-order chi connectivity index (χ0) is 37.7. The van der Waals surface area contributed by atoms with E-state index in [9.17, 15) is 40.5 Å². The van der Waals surface area contributed by atoms with Gasteiger partial charge in [0.1, 0.15) is 36.6 Å². The van der Waals surface area contributed by atoms with Gasteiger partial charge in [-0.05, 0) is 32.1 Å². The number of carbonyl (C=O) groups is 1. The zero-order valence-electron chi connectivity index (χ0n) is 32.1. The Morgan fingerprint density at radius 3 is 1.69 bits per heavy atom. The summed E-state index contributed by atoms with van der Waals surface area (Å²) in [6.45, 7) is 3.35. The van der Waals surface area contributed by atoms with Crippen molar-refractivity contribution in [2.45, 2.75) is 223 Å². The van der Waals surface area contributed by atoms with E-state index in [1.807, 2.05) is 6.08 Å². The van der Waals surface area contributed by atoms with Crippen molar-refractivity contribution in [1.29, 1.82) is 0 Å². The van der Waals surface area contributed by atoms with Gasteiger partial charge in [-0.3, -0.25) is 4.79 Å². The molecule has 0 aliphatic carbocycles. The lowest BCUT2D eigenvalue weighted by Gasteiger charge is -2.40. The van der Waals surface area contributed by atoms with Crippen LogP contribution < -0.4 is 5.32 Å². The second-order valence-electron chi connectivity index (χ2n) is 14.7. The fourth-order valence-electron chi connectivity index (χ4n) is 6.56. The summed E-state index contributed by atoms with van der Waals surface area (Å²) in [7, 11) is 0. The van der Waals surface area contributed by atoms with Gasteiger partial charge >= 0.3 is 0 Å². The Kier molecular flexibility index (Phi) is 29.3. The number of aliphatic hydroxyl groups excluding tert-OH is 7. The molecule has 9 atom stereocenters. The van der Waals surface area contributed by atoms with Crippen molar-refractivity contribution in [3.8, 4) is 0 Å². The Morgan fingerprint density at radius 1 is 0.667 bits per heavy atom. The van der Waals surface area contributed by atoms with E-state index in [-0.39, 0.29) is 6.42 Å². The number of ether oxygens (including phenoxy) is 2. The molecular formula is C40H77NO10. The Hall–Kier alpha value is -1.15. The summed E-state index contributed by atoms with van der Waals surface area (Å²) in [5.74, 6) is -0.734. The minimum Gasteiger partial charge on any atom is -0.394 e. The van der Waals surface area contributed by atoms with E-state index in [0.717, 1.165) is 32.1 Å². The summed E-state index contributed by atoms with van der Waals surface area (Å²) in [6, 6.07) is -1.18. The second kappa shape index (κ2) is 31.2. The first-order valence-electron chi connectivity index (χ1n) is 20.6. The van der Waals surface area contributed by atoms with Gasteiger partial charge < -0.3 is 50.5 Å². The molecule has 0 aromatic carbocycles. The molecular weight excluding hydrogens is 654 g/mol. The SMILES string of the molecule is CCCCCC/C=C\CCC(O)C(=O)NC(COC1OC(CO)C(O)C(O)C1O)C(O)C(O)CCCCCCCCCCCCCCCCCC. The summed E-state index contributed by atoms with van der Waals surface area (Å²) in [4.78, 5) is 12.9. The van der Waals surface area contributed by atoms with Gasteiger partial charge in [-0.15, -0.1) is 0 Å². The third kappa shape index (κ3) is 22.0. The van der Waals surface area contributed by atoms with Crippen LogP contribution in [0.15, 0.2) is 12.2 Å². The number of rotatable bonds is 33. The fraction of sp³-hybridized carbons (Fsp3) is 0.925. The van der Waals surface area contributed by atoms with Gasteiger partial charge in [-0.1, -0.05) is 148 Å². The number of aliphatic hydroxyl groups is 7. The largest absolute Gasteiger partial charge is 0.394 e. The van der Waals surface area contributed by atoms with E-state index < -0.39 is 74.2 Å². The highest BCUT2D eigenvalue weighted by molar-refractivity contribution is 5.80. The third-order valence-corrected chi connectivity index (χ3v) is 10.1. The lowest BCUT2D eigenvalue weighted by Crippen LogP contribution is -2.60. The van der Waals surface area contributed by atoms with E-state index in [1.165, 1.54) is 96.3 Å². The van der Waals surface area contributed by atoms with Crippen LogP contribution in [0.25, 0.3) is 0 Å². The van der Waals surface area contributed by atoms with Gasteiger partial charge in [0.15, 0.2) is 6.29 Å². The molecule has 0 aromatic heterocycles. The minimum absolute atomic E-state index is 0.176. The average Bonchev–Trinajstić information content (AvgIpc) is 3.13. The third-order valence-electron chi connectivity index (χ3n) is 10.1. The van der Waals surface area contributed by atoms with Crippen LogP contribution in [-0.2, 0) is 14.3 Å². The number of carbonyl (C=O) groups excluding carboxylic acids is 1. The summed E-state index contributed by atoms with van der Waals surface area (Å²) in [5, 5.41) is 75.1. The Morgan fingerprint density at radius 2 is 1.16 bits per heavy atom. The summed E-state index contributed by atoms with van der Waals surface area (Å²) in [5.41, 5.74) is 0. The second-order valence-corrected chi connectivity index (χ2v) is 14.7. The molecule has 0 bridgehead atoms. The monoisotopic (exact) mass is 732 g/mol. The van der Waals surface area contributed by atoms with Gasteiger partial charge in [-0.2, -0.15) is 0 Å². The molecule has 0 aromatic rings. The van der Waals surface area contributed by atoms with E-state index in [0.29, 0.717) is 19.3 Å². The molecule has 51 heavy (non-hydrogen) atoms. The van der Waals surface area contributed by atoms with Crippen LogP contribution in [-0.4, -0.2) is 110 Å². The van der Waals surface area contributed by atoms with Crippen LogP contribution in [0, 0.1) is 0 Å². The molecule has 0 spiro atoms. The summed E-state index contributed by atoms with van der Waals surface area (Å²) in [6.07, 6.45) is 18.7. The van der Waals surface area contributed by atoms with Gasteiger partial charge in [0.05, 0.1) is 25.4 Å². The van der Waals surface area contributed by atoms with Crippen molar-refractivity contribution in [2.75, 3.05) is 13.2 Å². The molecule has 0 saturated carbocycles. The predicted octanol–water partition coefficient (Wildman–Crippen LogP) is 5.33. The first-order valence-corrected chi connectivity index (χ1v) is 20.6. The lowest BCUT2D eigenvalue weighted by molar-refractivity contribution is -0.303. The van der Waals surface area contributed by atoms with E-state index in [4.69, 9.17) is 9.47 Å². The maximum Gasteiger partial charge on any atom is 0.249 e. The minimum atomic E-state index is -1.66. The smallest absolute Gasteiger partial charge is 0.249 e.